The maximum absolute atomic E-state index is 6.42. The van der Waals surface area contributed by atoms with Crippen molar-refractivity contribution in [3.63, 3.8) is 0 Å². The van der Waals surface area contributed by atoms with E-state index in [9.17, 15) is 0 Å². The summed E-state index contributed by atoms with van der Waals surface area (Å²) in [6, 6.07) is 1.94. The minimum atomic E-state index is 0.575. The number of rotatable bonds is 5. The quantitative estimate of drug-likeness (QED) is 0.918. The zero-order chi connectivity index (χ0) is 15.7. The molecule has 2 aromatic heterocycles. The van der Waals surface area contributed by atoms with E-state index < -0.39 is 0 Å². The molecule has 0 fully saturated rings. The van der Waals surface area contributed by atoms with Crippen LogP contribution in [0.15, 0.2) is 18.5 Å². The lowest BCUT2D eigenvalue weighted by Crippen LogP contribution is -2.40. The number of nitrogens with zero attached hydrogens (tertiary/aromatic N) is 4. The van der Waals surface area contributed by atoms with Crippen LogP contribution in [0.2, 0.25) is 0 Å². The summed E-state index contributed by atoms with van der Waals surface area (Å²) in [5, 5.41) is 5.68. The van der Waals surface area contributed by atoms with Crippen LogP contribution in [-0.4, -0.2) is 28.1 Å². The SMILES string of the molecule is CCCCN1Cc2c(nc3ccncc3c2N)N1CC(C)C. The van der Waals surface area contributed by atoms with Gasteiger partial charge >= 0.3 is 0 Å². The van der Waals surface area contributed by atoms with Crippen molar-refractivity contribution in [3.8, 4) is 0 Å². The van der Waals surface area contributed by atoms with Gasteiger partial charge in [-0.15, -0.1) is 0 Å². The number of nitrogen functional groups attached to an aromatic ring is 1. The van der Waals surface area contributed by atoms with Crippen LogP contribution in [0.3, 0.4) is 0 Å². The lowest BCUT2D eigenvalue weighted by Gasteiger charge is -2.31. The monoisotopic (exact) mass is 299 g/mol. The first-order valence-corrected chi connectivity index (χ1v) is 8.16. The summed E-state index contributed by atoms with van der Waals surface area (Å²) in [6.45, 7) is 9.58. The number of nitrogens with two attached hydrogens (primary N) is 1. The Morgan fingerprint density at radius 2 is 2.18 bits per heavy atom. The van der Waals surface area contributed by atoms with Gasteiger partial charge in [-0.1, -0.05) is 27.2 Å². The van der Waals surface area contributed by atoms with Gasteiger partial charge in [0.2, 0.25) is 0 Å². The average Bonchev–Trinajstić information content (AvgIpc) is 2.83. The van der Waals surface area contributed by atoms with Crippen LogP contribution in [-0.2, 0) is 6.54 Å². The minimum absolute atomic E-state index is 0.575. The third kappa shape index (κ3) is 2.61. The minimum Gasteiger partial charge on any atom is -0.398 e. The first kappa shape index (κ1) is 15.0. The fraction of sp³-hybridized carbons (Fsp3) is 0.529. The van der Waals surface area contributed by atoms with Crippen LogP contribution < -0.4 is 10.7 Å². The zero-order valence-electron chi connectivity index (χ0n) is 13.7. The van der Waals surface area contributed by atoms with E-state index in [0.717, 1.165) is 47.6 Å². The van der Waals surface area contributed by atoms with Crippen LogP contribution in [0.25, 0.3) is 10.9 Å². The Labute approximate surface area is 132 Å². The fourth-order valence-electron chi connectivity index (χ4n) is 3.02. The smallest absolute Gasteiger partial charge is 0.150 e. The van der Waals surface area contributed by atoms with E-state index in [1.165, 1.54) is 12.8 Å². The van der Waals surface area contributed by atoms with Crippen LogP contribution in [0.5, 0.6) is 0 Å². The number of anilines is 2. The maximum Gasteiger partial charge on any atom is 0.150 e. The highest BCUT2D eigenvalue weighted by Gasteiger charge is 2.31. The molecule has 2 N–H and O–H groups in total. The Morgan fingerprint density at radius 3 is 2.91 bits per heavy atom. The molecule has 0 aliphatic carbocycles. The second-order valence-electron chi connectivity index (χ2n) is 6.44. The highest BCUT2D eigenvalue weighted by Crippen LogP contribution is 2.37. The fourth-order valence-corrected chi connectivity index (χ4v) is 3.02. The Morgan fingerprint density at radius 1 is 1.36 bits per heavy atom. The van der Waals surface area contributed by atoms with Gasteiger partial charge in [0.05, 0.1) is 11.2 Å². The van der Waals surface area contributed by atoms with Gasteiger partial charge in [0.15, 0.2) is 0 Å². The molecule has 0 spiro atoms. The van der Waals surface area contributed by atoms with Crippen LogP contribution >= 0.6 is 0 Å². The van der Waals surface area contributed by atoms with Gasteiger partial charge in [-0.2, -0.15) is 0 Å². The van der Waals surface area contributed by atoms with Gasteiger partial charge in [-0.05, 0) is 18.4 Å². The third-order valence-corrected chi connectivity index (χ3v) is 4.14. The molecule has 0 unspecified atom stereocenters. The highest BCUT2D eigenvalue weighted by atomic mass is 15.7. The molecule has 2 aromatic rings. The molecule has 0 bridgehead atoms. The lowest BCUT2D eigenvalue weighted by atomic mass is 10.1. The van der Waals surface area contributed by atoms with Gasteiger partial charge in [0.1, 0.15) is 5.82 Å². The summed E-state index contributed by atoms with van der Waals surface area (Å²) < 4.78 is 0. The maximum atomic E-state index is 6.42. The van der Waals surface area contributed by atoms with Gasteiger partial charge in [0.25, 0.3) is 0 Å². The van der Waals surface area contributed by atoms with Crippen LogP contribution in [0.1, 0.15) is 39.2 Å². The largest absolute Gasteiger partial charge is 0.398 e. The molecule has 0 aromatic carbocycles. The van der Waals surface area contributed by atoms with Crippen molar-refractivity contribution in [2.45, 2.75) is 40.2 Å². The molecule has 0 amide bonds. The van der Waals surface area contributed by atoms with E-state index in [1.807, 2.05) is 12.3 Å². The van der Waals surface area contributed by atoms with Crippen molar-refractivity contribution in [3.05, 3.63) is 24.0 Å². The number of aromatic nitrogens is 2. The molecule has 0 saturated carbocycles. The number of hydrogen-bond acceptors (Lipinski definition) is 5. The predicted octanol–water partition coefficient (Wildman–Crippen LogP) is 3.21. The van der Waals surface area contributed by atoms with E-state index >= 15 is 0 Å². The molecule has 5 heteroatoms. The second kappa shape index (κ2) is 6.08. The molecule has 22 heavy (non-hydrogen) atoms. The number of fused-ring (bicyclic) bond motifs is 2. The zero-order valence-corrected chi connectivity index (χ0v) is 13.7. The molecule has 0 radical (unpaired) electrons. The van der Waals surface area contributed by atoms with Gasteiger partial charge in [-0.25, -0.2) is 9.99 Å². The number of hydrogen-bond donors (Lipinski definition) is 1. The normalized spacial score (nSPS) is 15.0. The van der Waals surface area contributed by atoms with Crippen molar-refractivity contribution in [2.75, 3.05) is 23.8 Å². The molecule has 3 heterocycles. The molecule has 1 aliphatic heterocycles. The van der Waals surface area contributed by atoms with Crippen molar-refractivity contribution in [1.82, 2.24) is 15.0 Å². The Bertz CT molecular complexity index is 667. The molecule has 3 rings (SSSR count). The Hall–Kier alpha value is -1.88. The van der Waals surface area contributed by atoms with Crippen molar-refractivity contribution in [1.29, 1.82) is 0 Å². The first-order chi connectivity index (χ1) is 10.6. The van der Waals surface area contributed by atoms with Crippen molar-refractivity contribution in [2.24, 2.45) is 5.92 Å². The first-order valence-electron chi connectivity index (χ1n) is 8.16. The summed E-state index contributed by atoms with van der Waals surface area (Å²) >= 11 is 0. The molecule has 0 atom stereocenters. The summed E-state index contributed by atoms with van der Waals surface area (Å²) in [7, 11) is 0. The average molecular weight is 299 g/mol. The molecule has 118 valence electrons. The van der Waals surface area contributed by atoms with Crippen LogP contribution in [0.4, 0.5) is 11.5 Å². The molecule has 1 aliphatic rings. The van der Waals surface area contributed by atoms with Gasteiger partial charge < -0.3 is 5.73 Å². The molecule has 5 nitrogen and oxygen atoms in total. The van der Waals surface area contributed by atoms with Crippen molar-refractivity contribution >= 4 is 22.4 Å². The topological polar surface area (TPSA) is 58.3 Å². The Kier molecular flexibility index (Phi) is 4.16. The predicted molar refractivity (Wildman–Crippen MR) is 91.5 cm³/mol. The van der Waals surface area contributed by atoms with E-state index in [2.05, 4.69) is 35.8 Å². The Balaban J connectivity index is 2.05. The second-order valence-corrected chi connectivity index (χ2v) is 6.44. The summed E-state index contributed by atoms with van der Waals surface area (Å²) in [5.74, 6) is 1.60. The molecular weight excluding hydrogens is 274 g/mol. The molecule has 0 saturated heterocycles. The lowest BCUT2D eigenvalue weighted by molar-refractivity contribution is 0.248. The third-order valence-electron chi connectivity index (χ3n) is 4.14. The standard InChI is InChI=1S/C17H25N5/c1-4-5-8-21-11-14-16(18)13-9-19-7-6-15(13)20-17(14)22(21)10-12(2)3/h6-7,9,12H,4-5,8,10-11H2,1-3H3,(H2,18,20). The number of hydrazine groups is 1. The van der Waals surface area contributed by atoms with Crippen molar-refractivity contribution < 1.29 is 0 Å². The highest BCUT2D eigenvalue weighted by molar-refractivity contribution is 5.94. The number of pyridine rings is 2. The van der Waals surface area contributed by atoms with E-state index in [4.69, 9.17) is 10.7 Å². The summed E-state index contributed by atoms with van der Waals surface area (Å²) in [5.41, 5.74) is 9.33. The summed E-state index contributed by atoms with van der Waals surface area (Å²) in [6.07, 6.45) is 5.97. The van der Waals surface area contributed by atoms with Crippen LogP contribution in [0, 0.1) is 5.92 Å². The number of unbranched alkanes of at least 4 members (excludes halogenated alkanes) is 1. The van der Waals surface area contributed by atoms with E-state index in [0.29, 0.717) is 5.92 Å². The summed E-state index contributed by atoms with van der Waals surface area (Å²) in [4.78, 5) is 9.06. The molecular formula is C17H25N5. The van der Waals surface area contributed by atoms with E-state index in [1.54, 1.807) is 6.20 Å². The van der Waals surface area contributed by atoms with E-state index in [-0.39, 0.29) is 0 Å². The van der Waals surface area contributed by atoms with Gasteiger partial charge in [0, 0.05) is 43.0 Å². The van der Waals surface area contributed by atoms with Gasteiger partial charge in [-0.3, -0.25) is 9.99 Å².